The fourth-order valence-electron chi connectivity index (χ4n) is 1.84. The lowest BCUT2D eigenvalue weighted by Gasteiger charge is -1.99. The van der Waals surface area contributed by atoms with E-state index in [1.807, 2.05) is 18.2 Å². The average Bonchev–Trinajstić information content (AvgIpc) is 2.78. The summed E-state index contributed by atoms with van der Waals surface area (Å²) in [7, 11) is 0. The second-order valence-electron chi connectivity index (χ2n) is 3.94. The number of halogens is 2. The van der Waals surface area contributed by atoms with Crippen molar-refractivity contribution in [3.05, 3.63) is 52.5 Å². The first kappa shape index (κ1) is 11.5. The smallest absolute Gasteiger partial charge is 0.153 e. The number of phenolic OH excluding ortho intramolecular Hbond substituents is 1. The van der Waals surface area contributed by atoms with Gasteiger partial charge >= 0.3 is 0 Å². The molecule has 0 saturated heterocycles. The summed E-state index contributed by atoms with van der Waals surface area (Å²) in [5, 5.41) is 11.4. The molecular formula is C14H8Cl2O2. The topological polar surface area (TPSA) is 33.4 Å². The first-order valence-corrected chi connectivity index (χ1v) is 6.08. The Hall–Kier alpha value is -1.64. The fraction of sp³-hybridized carbons (Fsp3) is 0. The van der Waals surface area contributed by atoms with E-state index in [-0.39, 0.29) is 5.75 Å². The Morgan fingerprint density at radius 1 is 0.944 bits per heavy atom. The van der Waals surface area contributed by atoms with E-state index in [0.717, 1.165) is 10.9 Å². The number of phenols is 1. The number of fused-ring (bicyclic) bond motifs is 1. The van der Waals surface area contributed by atoms with Crippen LogP contribution < -0.4 is 0 Å². The second-order valence-corrected chi connectivity index (χ2v) is 4.75. The van der Waals surface area contributed by atoms with Gasteiger partial charge in [0.2, 0.25) is 0 Å². The summed E-state index contributed by atoms with van der Waals surface area (Å²) in [4.78, 5) is 0. The Labute approximate surface area is 113 Å². The van der Waals surface area contributed by atoms with Gasteiger partial charge in [-0.1, -0.05) is 35.3 Å². The van der Waals surface area contributed by atoms with Crippen LogP contribution in [-0.4, -0.2) is 5.11 Å². The molecule has 0 fully saturated rings. The molecule has 1 N–H and O–H groups in total. The molecule has 0 aliphatic rings. The molecule has 1 aromatic heterocycles. The highest BCUT2D eigenvalue weighted by Gasteiger charge is 2.10. The van der Waals surface area contributed by atoms with Gasteiger partial charge in [0.25, 0.3) is 0 Å². The van der Waals surface area contributed by atoms with Gasteiger partial charge in [-0.15, -0.1) is 0 Å². The van der Waals surface area contributed by atoms with Gasteiger partial charge in [0.05, 0.1) is 10.0 Å². The average molecular weight is 279 g/mol. The van der Waals surface area contributed by atoms with Crippen LogP contribution in [-0.2, 0) is 0 Å². The molecule has 0 bridgehead atoms. The Morgan fingerprint density at radius 3 is 2.50 bits per heavy atom. The lowest BCUT2D eigenvalue weighted by atomic mass is 10.1. The van der Waals surface area contributed by atoms with Crippen molar-refractivity contribution in [2.45, 2.75) is 0 Å². The number of rotatable bonds is 1. The largest absolute Gasteiger partial charge is 0.506 e. The third-order valence-electron chi connectivity index (χ3n) is 2.73. The van der Waals surface area contributed by atoms with E-state index in [2.05, 4.69) is 0 Å². The highest BCUT2D eigenvalue weighted by atomic mass is 35.5. The molecule has 18 heavy (non-hydrogen) atoms. The Kier molecular flexibility index (Phi) is 2.69. The molecule has 0 saturated carbocycles. The predicted molar refractivity (Wildman–Crippen MR) is 73.3 cm³/mol. The van der Waals surface area contributed by atoms with Crippen molar-refractivity contribution in [3.63, 3.8) is 0 Å². The summed E-state index contributed by atoms with van der Waals surface area (Å²) in [6.07, 6.45) is 0. The first-order valence-electron chi connectivity index (χ1n) is 5.32. The van der Waals surface area contributed by atoms with E-state index in [4.69, 9.17) is 27.6 Å². The van der Waals surface area contributed by atoms with Crippen molar-refractivity contribution >= 4 is 34.2 Å². The molecule has 2 aromatic carbocycles. The van der Waals surface area contributed by atoms with Crippen LogP contribution in [0.1, 0.15) is 0 Å². The monoisotopic (exact) mass is 278 g/mol. The molecule has 0 radical (unpaired) electrons. The minimum atomic E-state index is 0.0284. The molecule has 4 heteroatoms. The van der Waals surface area contributed by atoms with E-state index in [9.17, 15) is 5.11 Å². The van der Waals surface area contributed by atoms with Crippen molar-refractivity contribution in [1.29, 1.82) is 0 Å². The predicted octanol–water partition coefficient (Wildman–Crippen LogP) is 5.11. The van der Waals surface area contributed by atoms with Crippen molar-refractivity contribution in [2.24, 2.45) is 0 Å². The molecular weight excluding hydrogens is 271 g/mol. The Balaban J connectivity index is 2.19. The summed E-state index contributed by atoms with van der Waals surface area (Å²) in [5.74, 6) is 0.672. The third kappa shape index (κ3) is 1.84. The van der Waals surface area contributed by atoms with Gasteiger partial charge in [-0.3, -0.25) is 0 Å². The number of hydrogen-bond donors (Lipinski definition) is 1. The van der Waals surface area contributed by atoms with Crippen molar-refractivity contribution in [2.75, 3.05) is 0 Å². The molecule has 0 amide bonds. The van der Waals surface area contributed by atoms with Crippen LogP contribution in [0.4, 0.5) is 0 Å². The minimum absolute atomic E-state index is 0.0284. The lowest BCUT2D eigenvalue weighted by molar-refractivity contribution is 0.475. The molecule has 0 aliphatic heterocycles. The normalized spacial score (nSPS) is 11.0. The number of furan rings is 1. The zero-order valence-electron chi connectivity index (χ0n) is 9.15. The standard InChI is InChI=1S/C14H8Cl2O2/c15-10-5-4-8(6-12(10)17)13-7-9-2-1-3-11(16)14(9)18-13/h1-7,17H. The van der Waals surface area contributed by atoms with Gasteiger partial charge < -0.3 is 9.52 Å². The number of aromatic hydroxyl groups is 1. The molecule has 3 aromatic rings. The Bertz CT molecular complexity index is 732. The maximum atomic E-state index is 9.59. The number of para-hydroxylation sites is 1. The van der Waals surface area contributed by atoms with E-state index in [1.165, 1.54) is 0 Å². The van der Waals surface area contributed by atoms with Gasteiger partial charge in [-0.05, 0) is 30.3 Å². The summed E-state index contributed by atoms with van der Waals surface area (Å²) < 4.78 is 5.69. The van der Waals surface area contributed by atoms with Crippen LogP contribution in [0.5, 0.6) is 5.75 Å². The minimum Gasteiger partial charge on any atom is -0.506 e. The molecule has 1 heterocycles. The van der Waals surface area contributed by atoms with E-state index >= 15 is 0 Å². The highest BCUT2D eigenvalue weighted by molar-refractivity contribution is 6.35. The summed E-state index contributed by atoms with van der Waals surface area (Å²) in [6, 6.07) is 12.4. The van der Waals surface area contributed by atoms with Crippen molar-refractivity contribution < 1.29 is 9.52 Å². The maximum Gasteiger partial charge on any atom is 0.153 e. The van der Waals surface area contributed by atoms with Gasteiger partial charge in [0.15, 0.2) is 5.58 Å². The van der Waals surface area contributed by atoms with Crippen LogP contribution in [0, 0.1) is 0 Å². The fourth-order valence-corrected chi connectivity index (χ4v) is 2.17. The van der Waals surface area contributed by atoms with Crippen LogP contribution in [0.25, 0.3) is 22.3 Å². The summed E-state index contributed by atoms with van der Waals surface area (Å²) in [5.41, 5.74) is 1.40. The van der Waals surface area contributed by atoms with Crippen molar-refractivity contribution in [3.8, 4) is 17.1 Å². The van der Waals surface area contributed by atoms with Crippen molar-refractivity contribution in [1.82, 2.24) is 0 Å². The second kappa shape index (κ2) is 4.23. The van der Waals surface area contributed by atoms with Gasteiger partial charge in [0.1, 0.15) is 11.5 Å². The zero-order valence-corrected chi connectivity index (χ0v) is 10.7. The van der Waals surface area contributed by atoms with Crippen LogP contribution in [0.3, 0.4) is 0 Å². The van der Waals surface area contributed by atoms with Gasteiger partial charge in [0, 0.05) is 10.9 Å². The van der Waals surface area contributed by atoms with E-state index < -0.39 is 0 Å². The molecule has 0 aliphatic carbocycles. The maximum absolute atomic E-state index is 9.59. The molecule has 90 valence electrons. The molecule has 3 rings (SSSR count). The van der Waals surface area contributed by atoms with Crippen LogP contribution in [0.15, 0.2) is 46.9 Å². The molecule has 2 nitrogen and oxygen atoms in total. The summed E-state index contributed by atoms with van der Waals surface area (Å²) in [6.45, 7) is 0. The van der Waals surface area contributed by atoms with E-state index in [0.29, 0.717) is 21.4 Å². The first-order chi connectivity index (χ1) is 8.65. The highest BCUT2D eigenvalue weighted by Crippen LogP contribution is 2.34. The third-order valence-corrected chi connectivity index (χ3v) is 3.34. The van der Waals surface area contributed by atoms with E-state index in [1.54, 1.807) is 24.3 Å². The lowest BCUT2D eigenvalue weighted by Crippen LogP contribution is -1.74. The van der Waals surface area contributed by atoms with Gasteiger partial charge in [-0.2, -0.15) is 0 Å². The summed E-state index contributed by atoms with van der Waals surface area (Å²) >= 11 is 11.8. The SMILES string of the molecule is Oc1cc(-c2cc3cccc(Cl)c3o2)ccc1Cl. The molecule has 0 atom stereocenters. The van der Waals surface area contributed by atoms with Crippen LogP contribution >= 0.6 is 23.2 Å². The molecule has 0 spiro atoms. The Morgan fingerprint density at radius 2 is 1.78 bits per heavy atom. The number of benzene rings is 2. The van der Waals surface area contributed by atoms with Gasteiger partial charge in [-0.25, -0.2) is 0 Å². The molecule has 0 unspecified atom stereocenters. The quantitative estimate of drug-likeness (QED) is 0.671. The van der Waals surface area contributed by atoms with Crippen LogP contribution in [0.2, 0.25) is 10.0 Å². The zero-order chi connectivity index (χ0) is 12.7. The number of hydrogen-bond acceptors (Lipinski definition) is 2.